The molecule has 3 aromatic rings. The van der Waals surface area contributed by atoms with E-state index in [1.807, 2.05) is 18.2 Å². The van der Waals surface area contributed by atoms with Crippen LogP contribution in [0.15, 0.2) is 30.5 Å². The third kappa shape index (κ3) is 3.00. The molecule has 3 heterocycles. The normalized spacial score (nSPS) is 14.4. The average Bonchev–Trinajstić information content (AvgIpc) is 2.68. The maximum Gasteiger partial charge on any atom is 0.224 e. The van der Waals surface area contributed by atoms with Crippen molar-refractivity contribution in [2.75, 3.05) is 42.3 Å². The van der Waals surface area contributed by atoms with Crippen molar-refractivity contribution in [2.45, 2.75) is 0 Å². The Morgan fingerprint density at radius 2 is 1.96 bits per heavy atom. The monoisotopic (exact) mass is 351 g/mol. The lowest BCUT2D eigenvalue weighted by molar-refractivity contribution is -0.105. The number of fused-ring (bicyclic) bond motifs is 1. The number of ether oxygens (including phenoxy) is 1. The molecule has 1 fully saturated rings. The fourth-order valence-corrected chi connectivity index (χ4v) is 2.93. The number of benzene rings is 1. The number of amides is 1. The predicted molar refractivity (Wildman–Crippen MR) is 97.7 cm³/mol. The fourth-order valence-electron chi connectivity index (χ4n) is 2.93. The van der Waals surface area contributed by atoms with Crippen molar-refractivity contribution in [2.24, 2.45) is 0 Å². The molecule has 0 bridgehead atoms. The second-order valence-electron chi connectivity index (χ2n) is 5.74. The Morgan fingerprint density at radius 1 is 1.15 bits per heavy atom. The second kappa shape index (κ2) is 6.89. The SMILES string of the molecule is Nc1nc(N2CCOCC2)c2nc(-c3ccccc3NC=O)cnc2n1. The molecule has 0 aliphatic carbocycles. The van der Waals surface area contributed by atoms with Crippen LogP contribution in [0.1, 0.15) is 0 Å². The molecule has 1 aromatic carbocycles. The molecule has 9 nitrogen and oxygen atoms in total. The number of nitrogens with zero attached hydrogens (tertiary/aromatic N) is 5. The van der Waals surface area contributed by atoms with Crippen LogP contribution in [-0.4, -0.2) is 52.6 Å². The number of rotatable bonds is 4. The number of hydrogen-bond donors (Lipinski definition) is 2. The molecule has 0 unspecified atom stereocenters. The predicted octanol–water partition coefficient (Wildman–Crippen LogP) is 1.07. The summed E-state index contributed by atoms with van der Waals surface area (Å²) in [6, 6.07) is 7.39. The van der Waals surface area contributed by atoms with Crippen molar-refractivity contribution in [1.29, 1.82) is 0 Å². The van der Waals surface area contributed by atoms with Crippen molar-refractivity contribution in [3.05, 3.63) is 30.5 Å². The number of nitrogen functional groups attached to an aromatic ring is 1. The number of morpholine rings is 1. The highest BCUT2D eigenvalue weighted by Gasteiger charge is 2.19. The molecule has 26 heavy (non-hydrogen) atoms. The largest absolute Gasteiger partial charge is 0.378 e. The summed E-state index contributed by atoms with van der Waals surface area (Å²) < 4.78 is 5.41. The molecule has 9 heteroatoms. The van der Waals surface area contributed by atoms with Gasteiger partial charge in [0.15, 0.2) is 17.0 Å². The van der Waals surface area contributed by atoms with Crippen molar-refractivity contribution in [1.82, 2.24) is 19.9 Å². The first-order valence-corrected chi connectivity index (χ1v) is 8.19. The number of carbonyl (C=O) groups is 1. The first-order chi connectivity index (χ1) is 12.8. The van der Waals surface area contributed by atoms with E-state index in [-0.39, 0.29) is 5.95 Å². The van der Waals surface area contributed by atoms with Crippen LogP contribution in [0.2, 0.25) is 0 Å². The van der Waals surface area contributed by atoms with Crippen LogP contribution >= 0.6 is 0 Å². The average molecular weight is 351 g/mol. The quantitative estimate of drug-likeness (QED) is 0.670. The molecule has 0 radical (unpaired) electrons. The number of para-hydroxylation sites is 1. The van der Waals surface area contributed by atoms with Gasteiger partial charge in [-0.3, -0.25) is 4.79 Å². The summed E-state index contributed by atoms with van der Waals surface area (Å²) in [5.74, 6) is 0.801. The third-order valence-electron chi connectivity index (χ3n) is 4.13. The zero-order chi connectivity index (χ0) is 17.9. The van der Waals surface area contributed by atoms with Crippen molar-refractivity contribution >= 4 is 35.0 Å². The van der Waals surface area contributed by atoms with Crippen molar-refractivity contribution < 1.29 is 9.53 Å². The van der Waals surface area contributed by atoms with E-state index in [1.165, 1.54) is 0 Å². The molecule has 132 valence electrons. The minimum absolute atomic E-state index is 0.157. The molecule has 0 spiro atoms. The van der Waals surface area contributed by atoms with E-state index in [2.05, 4.69) is 25.2 Å². The fraction of sp³-hybridized carbons (Fsp3) is 0.235. The summed E-state index contributed by atoms with van der Waals surface area (Å²) in [5, 5.41) is 2.68. The summed E-state index contributed by atoms with van der Waals surface area (Å²) in [6.07, 6.45) is 2.25. The van der Waals surface area contributed by atoms with E-state index >= 15 is 0 Å². The van der Waals surface area contributed by atoms with Gasteiger partial charge in [0.2, 0.25) is 12.4 Å². The molecule has 1 saturated heterocycles. The Morgan fingerprint density at radius 3 is 2.77 bits per heavy atom. The Balaban J connectivity index is 1.86. The molecule has 2 aromatic heterocycles. The van der Waals surface area contributed by atoms with Crippen LogP contribution in [0.25, 0.3) is 22.4 Å². The van der Waals surface area contributed by atoms with Gasteiger partial charge < -0.3 is 20.7 Å². The molecular formula is C17H17N7O2. The van der Waals surface area contributed by atoms with Crippen LogP contribution in [0, 0.1) is 0 Å². The molecule has 4 rings (SSSR count). The highest BCUT2D eigenvalue weighted by atomic mass is 16.5. The van der Waals surface area contributed by atoms with Gasteiger partial charge in [-0.25, -0.2) is 9.97 Å². The number of hydrogen-bond acceptors (Lipinski definition) is 8. The highest BCUT2D eigenvalue weighted by Crippen LogP contribution is 2.29. The third-order valence-corrected chi connectivity index (χ3v) is 4.13. The summed E-state index contributed by atoms with van der Waals surface area (Å²) in [4.78, 5) is 30.6. The van der Waals surface area contributed by atoms with Gasteiger partial charge in [0.1, 0.15) is 0 Å². The van der Waals surface area contributed by atoms with Crippen LogP contribution < -0.4 is 16.0 Å². The number of aromatic nitrogens is 4. The minimum Gasteiger partial charge on any atom is -0.378 e. The molecule has 0 saturated carbocycles. The van der Waals surface area contributed by atoms with Gasteiger partial charge in [-0.1, -0.05) is 18.2 Å². The zero-order valence-corrected chi connectivity index (χ0v) is 13.9. The standard InChI is InChI=1S/C17H17N7O2/c18-17-22-15-14(16(23-17)24-5-7-26-8-6-24)21-13(9-19-15)11-3-1-2-4-12(11)20-10-25/h1-4,9-10H,5-8H2,(H,20,25)(H2,18,19,22,23). The van der Waals surface area contributed by atoms with Gasteiger partial charge in [-0.15, -0.1) is 0 Å². The van der Waals surface area contributed by atoms with Gasteiger partial charge in [-0.05, 0) is 6.07 Å². The Hall–Kier alpha value is -3.33. The smallest absolute Gasteiger partial charge is 0.224 e. The van der Waals surface area contributed by atoms with Gasteiger partial charge in [0, 0.05) is 24.3 Å². The lowest BCUT2D eigenvalue weighted by atomic mass is 10.1. The Kier molecular flexibility index (Phi) is 4.28. The molecular weight excluding hydrogens is 334 g/mol. The van der Waals surface area contributed by atoms with E-state index in [4.69, 9.17) is 15.5 Å². The minimum atomic E-state index is 0.157. The first-order valence-electron chi connectivity index (χ1n) is 8.19. The number of carbonyl (C=O) groups excluding carboxylic acids is 1. The second-order valence-corrected chi connectivity index (χ2v) is 5.74. The zero-order valence-electron chi connectivity index (χ0n) is 13.9. The maximum atomic E-state index is 10.9. The van der Waals surface area contributed by atoms with E-state index in [1.54, 1.807) is 12.3 Å². The van der Waals surface area contributed by atoms with E-state index in [0.717, 1.165) is 5.56 Å². The lowest BCUT2D eigenvalue weighted by Crippen LogP contribution is -2.37. The lowest BCUT2D eigenvalue weighted by Gasteiger charge is -2.28. The number of nitrogens with two attached hydrogens (primary N) is 1. The molecule has 3 N–H and O–H groups in total. The van der Waals surface area contributed by atoms with Gasteiger partial charge in [0.25, 0.3) is 0 Å². The summed E-state index contributed by atoms with van der Waals surface area (Å²) in [6.45, 7) is 2.62. The molecule has 0 atom stereocenters. The first kappa shape index (κ1) is 16.2. The van der Waals surface area contributed by atoms with E-state index in [9.17, 15) is 4.79 Å². The number of anilines is 3. The summed E-state index contributed by atoms with van der Waals surface area (Å²) >= 11 is 0. The van der Waals surface area contributed by atoms with Crippen molar-refractivity contribution in [3.63, 3.8) is 0 Å². The Bertz CT molecular complexity index is 957. The highest BCUT2D eigenvalue weighted by molar-refractivity contribution is 5.88. The van der Waals surface area contributed by atoms with Crippen molar-refractivity contribution in [3.8, 4) is 11.3 Å². The summed E-state index contributed by atoms with van der Waals surface area (Å²) in [5.41, 5.74) is 8.88. The van der Waals surface area contributed by atoms with E-state index < -0.39 is 0 Å². The van der Waals surface area contributed by atoms with Crippen LogP contribution in [-0.2, 0) is 9.53 Å². The van der Waals surface area contributed by atoms with Gasteiger partial charge in [0.05, 0.1) is 25.1 Å². The van der Waals surface area contributed by atoms with Crippen LogP contribution in [0.3, 0.4) is 0 Å². The maximum absolute atomic E-state index is 10.9. The van der Waals surface area contributed by atoms with Gasteiger partial charge >= 0.3 is 0 Å². The van der Waals surface area contributed by atoms with E-state index in [0.29, 0.717) is 61.1 Å². The van der Waals surface area contributed by atoms with Crippen LogP contribution in [0.5, 0.6) is 0 Å². The number of nitrogens with one attached hydrogen (secondary N) is 1. The molecule has 1 aliphatic rings. The Labute approximate surface area is 149 Å². The molecule has 1 amide bonds. The topological polar surface area (TPSA) is 119 Å². The summed E-state index contributed by atoms with van der Waals surface area (Å²) in [7, 11) is 0. The van der Waals surface area contributed by atoms with Crippen LogP contribution in [0.4, 0.5) is 17.5 Å². The molecule has 1 aliphatic heterocycles. The van der Waals surface area contributed by atoms with Gasteiger partial charge in [-0.2, -0.15) is 9.97 Å².